The molecule has 8 nitrogen and oxygen atoms in total. The number of carbonyl (C=O) groups is 3. The highest BCUT2D eigenvalue weighted by molar-refractivity contribution is 9.10. The SMILES string of the molecule is COC(=O)c1cc(NC(=O)c2cc(OC)c(Br)c(OC)c2)cc(C(=O)OC)c1. The number of ether oxygens (including phenoxy) is 4. The summed E-state index contributed by atoms with van der Waals surface area (Å²) in [6, 6.07) is 7.15. The lowest BCUT2D eigenvalue weighted by molar-refractivity contribution is 0.0599. The van der Waals surface area contributed by atoms with E-state index in [4.69, 9.17) is 9.47 Å². The van der Waals surface area contributed by atoms with Crippen LogP contribution in [0.3, 0.4) is 0 Å². The number of esters is 2. The number of nitrogens with one attached hydrogen (secondary N) is 1. The maximum Gasteiger partial charge on any atom is 0.337 e. The molecule has 0 aromatic heterocycles. The molecule has 0 atom stereocenters. The fourth-order valence-corrected chi connectivity index (χ4v) is 2.93. The predicted octanol–water partition coefficient (Wildman–Crippen LogP) is 3.29. The lowest BCUT2D eigenvalue weighted by Crippen LogP contribution is -2.14. The van der Waals surface area contributed by atoms with E-state index in [0.29, 0.717) is 16.0 Å². The Morgan fingerprint density at radius 2 is 1.21 bits per heavy atom. The van der Waals surface area contributed by atoms with Gasteiger partial charge in [-0.3, -0.25) is 4.79 Å². The summed E-state index contributed by atoms with van der Waals surface area (Å²) in [4.78, 5) is 36.4. The molecule has 1 N–H and O–H groups in total. The molecule has 9 heteroatoms. The molecular formula is C19H18BrNO7. The topological polar surface area (TPSA) is 100 Å². The molecule has 28 heavy (non-hydrogen) atoms. The number of amides is 1. The number of anilines is 1. The van der Waals surface area contributed by atoms with Gasteiger partial charge in [0.25, 0.3) is 5.91 Å². The Kier molecular flexibility index (Phi) is 7.00. The van der Waals surface area contributed by atoms with Gasteiger partial charge in [0.05, 0.1) is 39.6 Å². The molecule has 0 aliphatic carbocycles. The third-order valence-corrected chi connectivity index (χ3v) is 4.52. The van der Waals surface area contributed by atoms with E-state index in [1.807, 2.05) is 0 Å². The third-order valence-electron chi connectivity index (χ3n) is 3.74. The van der Waals surface area contributed by atoms with Crippen molar-refractivity contribution in [1.29, 1.82) is 0 Å². The summed E-state index contributed by atoms with van der Waals surface area (Å²) >= 11 is 3.33. The maximum absolute atomic E-state index is 12.7. The average Bonchev–Trinajstić information content (AvgIpc) is 2.72. The summed E-state index contributed by atoms with van der Waals surface area (Å²) < 4.78 is 20.4. The van der Waals surface area contributed by atoms with Crippen LogP contribution in [-0.2, 0) is 9.47 Å². The molecule has 0 aliphatic rings. The lowest BCUT2D eigenvalue weighted by Gasteiger charge is -2.13. The number of hydrogen-bond acceptors (Lipinski definition) is 7. The average molecular weight is 452 g/mol. The van der Waals surface area contributed by atoms with Crippen molar-refractivity contribution in [3.8, 4) is 11.5 Å². The Hall–Kier alpha value is -3.07. The van der Waals surface area contributed by atoms with Crippen molar-refractivity contribution in [2.45, 2.75) is 0 Å². The van der Waals surface area contributed by atoms with Crippen LogP contribution < -0.4 is 14.8 Å². The van der Waals surface area contributed by atoms with E-state index >= 15 is 0 Å². The van der Waals surface area contributed by atoms with Gasteiger partial charge in [0.15, 0.2) is 0 Å². The van der Waals surface area contributed by atoms with Gasteiger partial charge in [0, 0.05) is 11.3 Å². The quantitative estimate of drug-likeness (QED) is 0.672. The van der Waals surface area contributed by atoms with Gasteiger partial charge in [-0.15, -0.1) is 0 Å². The zero-order valence-corrected chi connectivity index (χ0v) is 17.2. The van der Waals surface area contributed by atoms with Crippen LogP contribution in [0.25, 0.3) is 0 Å². The van der Waals surface area contributed by atoms with Crippen molar-refractivity contribution >= 4 is 39.5 Å². The smallest absolute Gasteiger partial charge is 0.337 e. The van der Waals surface area contributed by atoms with E-state index in [0.717, 1.165) is 0 Å². The van der Waals surface area contributed by atoms with E-state index in [1.54, 1.807) is 0 Å². The van der Waals surface area contributed by atoms with Crippen molar-refractivity contribution in [2.75, 3.05) is 33.8 Å². The summed E-state index contributed by atoms with van der Waals surface area (Å²) in [6.45, 7) is 0. The van der Waals surface area contributed by atoms with Gasteiger partial charge < -0.3 is 24.3 Å². The number of benzene rings is 2. The standard InChI is InChI=1S/C19H18BrNO7/c1-25-14-8-10(9-15(26-2)16(14)20)17(22)21-13-6-11(18(23)27-3)5-12(7-13)19(24)28-4/h5-9H,1-4H3,(H,21,22). The number of carbonyl (C=O) groups excluding carboxylic acids is 3. The normalized spacial score (nSPS) is 10.0. The third kappa shape index (κ3) is 4.61. The molecule has 2 rings (SSSR count). The first-order valence-electron chi connectivity index (χ1n) is 7.89. The molecule has 0 spiro atoms. The van der Waals surface area contributed by atoms with Crippen LogP contribution >= 0.6 is 15.9 Å². The lowest BCUT2D eigenvalue weighted by atomic mass is 10.1. The summed E-state index contributed by atoms with van der Waals surface area (Å²) in [5, 5.41) is 2.64. The molecular weight excluding hydrogens is 434 g/mol. The second-order valence-corrected chi connectivity index (χ2v) is 6.22. The summed E-state index contributed by atoms with van der Waals surface area (Å²) in [5.41, 5.74) is 0.646. The van der Waals surface area contributed by atoms with E-state index in [9.17, 15) is 14.4 Å². The molecule has 0 fully saturated rings. The highest BCUT2D eigenvalue weighted by atomic mass is 79.9. The van der Waals surface area contributed by atoms with E-state index in [1.165, 1.54) is 58.8 Å². The first-order valence-corrected chi connectivity index (χ1v) is 8.68. The van der Waals surface area contributed by atoms with Crippen molar-refractivity contribution in [3.05, 3.63) is 51.5 Å². The Labute approximate surface area is 169 Å². The zero-order chi connectivity index (χ0) is 20.8. The van der Waals surface area contributed by atoms with E-state index in [2.05, 4.69) is 30.7 Å². The van der Waals surface area contributed by atoms with Crippen LogP contribution in [0, 0.1) is 0 Å². The number of halogens is 1. The van der Waals surface area contributed by atoms with Crippen molar-refractivity contribution < 1.29 is 33.3 Å². The molecule has 0 radical (unpaired) electrons. The first-order chi connectivity index (χ1) is 13.3. The van der Waals surface area contributed by atoms with Gasteiger partial charge in [-0.2, -0.15) is 0 Å². The largest absolute Gasteiger partial charge is 0.495 e. The van der Waals surface area contributed by atoms with Gasteiger partial charge in [0.2, 0.25) is 0 Å². The fraction of sp³-hybridized carbons (Fsp3) is 0.211. The Bertz CT molecular complexity index is 867. The van der Waals surface area contributed by atoms with Gasteiger partial charge in [-0.1, -0.05) is 0 Å². The van der Waals surface area contributed by atoms with Crippen LogP contribution in [-0.4, -0.2) is 46.3 Å². The zero-order valence-electron chi connectivity index (χ0n) is 15.6. The number of rotatable bonds is 6. The molecule has 0 saturated carbocycles. The van der Waals surface area contributed by atoms with Crippen LogP contribution in [0.4, 0.5) is 5.69 Å². The minimum atomic E-state index is -0.659. The summed E-state index contributed by atoms with van der Waals surface area (Å²) in [5.74, 6) is -1.01. The van der Waals surface area contributed by atoms with Crippen LogP contribution in [0.5, 0.6) is 11.5 Å². The van der Waals surface area contributed by atoms with Gasteiger partial charge >= 0.3 is 11.9 Å². The fourth-order valence-electron chi connectivity index (χ4n) is 2.37. The number of methoxy groups -OCH3 is 4. The molecule has 0 bridgehead atoms. The highest BCUT2D eigenvalue weighted by Crippen LogP contribution is 2.35. The molecule has 1 amide bonds. The monoisotopic (exact) mass is 451 g/mol. The van der Waals surface area contributed by atoms with Crippen molar-refractivity contribution in [2.24, 2.45) is 0 Å². The molecule has 2 aromatic carbocycles. The second kappa shape index (κ2) is 9.23. The summed E-state index contributed by atoms with van der Waals surface area (Å²) in [7, 11) is 5.35. The molecule has 0 unspecified atom stereocenters. The summed E-state index contributed by atoms with van der Waals surface area (Å²) in [6.07, 6.45) is 0. The van der Waals surface area contributed by atoms with Crippen molar-refractivity contribution in [3.63, 3.8) is 0 Å². The molecule has 2 aromatic rings. The van der Waals surface area contributed by atoms with Crippen molar-refractivity contribution in [1.82, 2.24) is 0 Å². The van der Waals surface area contributed by atoms with Crippen LogP contribution in [0.15, 0.2) is 34.8 Å². The Morgan fingerprint density at radius 1 is 0.750 bits per heavy atom. The molecule has 0 aliphatic heterocycles. The molecule has 0 heterocycles. The minimum absolute atomic E-state index is 0.0895. The maximum atomic E-state index is 12.7. The molecule has 148 valence electrons. The Morgan fingerprint density at radius 3 is 1.61 bits per heavy atom. The van der Waals surface area contributed by atoms with Gasteiger partial charge in [-0.05, 0) is 46.3 Å². The van der Waals surface area contributed by atoms with E-state index in [-0.39, 0.29) is 22.4 Å². The van der Waals surface area contributed by atoms with Gasteiger partial charge in [0.1, 0.15) is 16.0 Å². The van der Waals surface area contributed by atoms with Crippen LogP contribution in [0.2, 0.25) is 0 Å². The van der Waals surface area contributed by atoms with E-state index < -0.39 is 17.8 Å². The predicted molar refractivity (Wildman–Crippen MR) is 104 cm³/mol. The van der Waals surface area contributed by atoms with Gasteiger partial charge in [-0.25, -0.2) is 9.59 Å². The number of hydrogen-bond donors (Lipinski definition) is 1. The second-order valence-electron chi connectivity index (χ2n) is 5.43. The van der Waals surface area contributed by atoms with Crippen LogP contribution in [0.1, 0.15) is 31.1 Å². The minimum Gasteiger partial charge on any atom is -0.495 e. The molecule has 0 saturated heterocycles. The highest BCUT2D eigenvalue weighted by Gasteiger charge is 2.18. The first kappa shape index (κ1) is 21.2. The Balaban J connectivity index is 2.43.